The highest BCUT2D eigenvalue weighted by Gasteiger charge is 2.02. The monoisotopic (exact) mass is 232 g/mol. The van der Waals surface area contributed by atoms with Crippen LogP contribution in [0.1, 0.15) is 19.5 Å². The summed E-state index contributed by atoms with van der Waals surface area (Å²) in [5, 5.41) is 0. The number of hydrogen-bond donors (Lipinski definition) is 0. The molecule has 0 saturated heterocycles. The van der Waals surface area contributed by atoms with Crippen LogP contribution in [-0.4, -0.2) is 15.7 Å². The van der Waals surface area contributed by atoms with Crippen LogP contribution in [0.4, 0.5) is 0 Å². The Bertz CT molecular complexity index is 238. The average molecular weight is 233 g/mol. The summed E-state index contributed by atoms with van der Waals surface area (Å²) in [6.07, 6.45) is 2.21. The van der Waals surface area contributed by atoms with Crippen molar-refractivity contribution in [3.05, 3.63) is 16.6 Å². The van der Waals surface area contributed by atoms with Crippen molar-refractivity contribution in [3.63, 3.8) is 0 Å². The molecule has 0 aliphatic rings. The maximum absolute atomic E-state index is 5.40. The Hall–Kier alpha value is -0.350. The third kappa shape index (κ3) is 2.60. The molecule has 3 nitrogen and oxygen atoms in total. The SMILES string of the molecule is CC(C)OCc1cn(C)c(Br)n1. The highest BCUT2D eigenvalue weighted by Crippen LogP contribution is 2.09. The molecule has 0 amide bonds. The first kappa shape index (κ1) is 9.74. The van der Waals surface area contributed by atoms with Crippen molar-refractivity contribution in [1.29, 1.82) is 0 Å². The maximum atomic E-state index is 5.40. The van der Waals surface area contributed by atoms with Gasteiger partial charge in [-0.25, -0.2) is 4.98 Å². The van der Waals surface area contributed by atoms with E-state index in [9.17, 15) is 0 Å². The quantitative estimate of drug-likeness (QED) is 0.799. The molecule has 0 unspecified atom stereocenters. The van der Waals surface area contributed by atoms with Crippen LogP contribution in [0, 0.1) is 0 Å². The van der Waals surface area contributed by atoms with E-state index in [0.29, 0.717) is 6.61 Å². The second-order valence-electron chi connectivity index (χ2n) is 2.97. The standard InChI is InChI=1S/C8H13BrN2O/c1-6(2)12-5-7-4-11(3)8(9)10-7/h4,6H,5H2,1-3H3. The highest BCUT2D eigenvalue weighted by molar-refractivity contribution is 9.10. The molecule has 4 heteroatoms. The molecule has 0 N–H and O–H groups in total. The Balaban J connectivity index is 2.53. The minimum absolute atomic E-state index is 0.255. The molecular weight excluding hydrogens is 220 g/mol. The summed E-state index contributed by atoms with van der Waals surface area (Å²) in [5.74, 6) is 0. The zero-order chi connectivity index (χ0) is 9.14. The zero-order valence-corrected chi connectivity index (χ0v) is 9.13. The molecule has 0 saturated carbocycles. The molecule has 0 aromatic carbocycles. The summed E-state index contributed by atoms with van der Waals surface area (Å²) in [6.45, 7) is 4.60. The van der Waals surface area contributed by atoms with Crippen LogP contribution in [0.3, 0.4) is 0 Å². The molecule has 0 radical (unpaired) electrons. The Labute approximate surface area is 80.9 Å². The second-order valence-corrected chi connectivity index (χ2v) is 3.68. The van der Waals surface area contributed by atoms with Gasteiger partial charge in [0.1, 0.15) is 0 Å². The first-order valence-electron chi connectivity index (χ1n) is 3.89. The maximum Gasteiger partial charge on any atom is 0.177 e. The zero-order valence-electron chi connectivity index (χ0n) is 7.54. The van der Waals surface area contributed by atoms with Crippen molar-refractivity contribution in [2.75, 3.05) is 0 Å². The fraction of sp³-hybridized carbons (Fsp3) is 0.625. The van der Waals surface area contributed by atoms with Gasteiger partial charge in [-0.1, -0.05) is 0 Å². The van der Waals surface area contributed by atoms with Gasteiger partial charge in [0, 0.05) is 13.2 Å². The molecule has 12 heavy (non-hydrogen) atoms. The van der Waals surface area contributed by atoms with Gasteiger partial charge < -0.3 is 9.30 Å². The van der Waals surface area contributed by atoms with Crippen molar-refractivity contribution >= 4 is 15.9 Å². The second kappa shape index (κ2) is 4.05. The smallest absolute Gasteiger partial charge is 0.177 e. The topological polar surface area (TPSA) is 27.1 Å². The third-order valence-corrected chi connectivity index (χ3v) is 2.17. The number of aromatic nitrogens is 2. The first-order valence-corrected chi connectivity index (χ1v) is 4.68. The first-order chi connectivity index (χ1) is 5.59. The molecule has 1 heterocycles. The minimum atomic E-state index is 0.255. The van der Waals surface area contributed by atoms with Gasteiger partial charge >= 0.3 is 0 Å². The number of ether oxygens (including phenoxy) is 1. The number of rotatable bonds is 3. The predicted octanol–water partition coefficient (Wildman–Crippen LogP) is 2.11. The van der Waals surface area contributed by atoms with Crippen LogP contribution in [0.5, 0.6) is 0 Å². The van der Waals surface area contributed by atoms with E-state index in [4.69, 9.17) is 4.74 Å². The van der Waals surface area contributed by atoms with Gasteiger partial charge in [-0.2, -0.15) is 0 Å². The highest BCUT2D eigenvalue weighted by atomic mass is 79.9. The Morgan fingerprint density at radius 3 is 2.75 bits per heavy atom. The van der Waals surface area contributed by atoms with E-state index in [0.717, 1.165) is 10.4 Å². The van der Waals surface area contributed by atoms with E-state index in [2.05, 4.69) is 20.9 Å². The summed E-state index contributed by atoms with van der Waals surface area (Å²) < 4.78 is 8.15. The number of nitrogens with zero attached hydrogens (tertiary/aromatic N) is 2. The molecule has 0 aliphatic carbocycles. The number of hydrogen-bond acceptors (Lipinski definition) is 2. The van der Waals surface area contributed by atoms with E-state index in [-0.39, 0.29) is 6.10 Å². The minimum Gasteiger partial charge on any atom is -0.372 e. The molecular formula is C8H13BrN2O. The van der Waals surface area contributed by atoms with Crippen LogP contribution in [-0.2, 0) is 18.4 Å². The lowest BCUT2D eigenvalue weighted by atomic mass is 10.4. The van der Waals surface area contributed by atoms with E-state index in [1.54, 1.807) is 0 Å². The summed E-state index contributed by atoms with van der Waals surface area (Å²) in [7, 11) is 1.94. The molecule has 0 aliphatic heterocycles. The largest absolute Gasteiger partial charge is 0.372 e. The van der Waals surface area contributed by atoms with E-state index in [1.165, 1.54) is 0 Å². The van der Waals surface area contributed by atoms with E-state index < -0.39 is 0 Å². The van der Waals surface area contributed by atoms with Gasteiger partial charge in [0.2, 0.25) is 0 Å². The van der Waals surface area contributed by atoms with Crippen molar-refractivity contribution in [2.45, 2.75) is 26.6 Å². The predicted molar refractivity (Wildman–Crippen MR) is 50.8 cm³/mol. The Morgan fingerprint density at radius 1 is 1.67 bits per heavy atom. The summed E-state index contributed by atoms with van der Waals surface area (Å²) >= 11 is 3.32. The van der Waals surface area contributed by atoms with Gasteiger partial charge in [0.05, 0.1) is 18.4 Å². The third-order valence-electron chi connectivity index (χ3n) is 1.43. The number of imidazole rings is 1. The van der Waals surface area contributed by atoms with Gasteiger partial charge in [-0.05, 0) is 29.8 Å². The van der Waals surface area contributed by atoms with Crippen molar-refractivity contribution in [1.82, 2.24) is 9.55 Å². The van der Waals surface area contributed by atoms with Crippen molar-refractivity contribution < 1.29 is 4.74 Å². The molecule has 0 spiro atoms. The van der Waals surface area contributed by atoms with Gasteiger partial charge in [-0.15, -0.1) is 0 Å². The normalized spacial score (nSPS) is 11.1. The summed E-state index contributed by atoms with van der Waals surface area (Å²) in [5.41, 5.74) is 0.957. The van der Waals surface area contributed by atoms with Crippen LogP contribution < -0.4 is 0 Å². The molecule has 68 valence electrons. The molecule has 1 aromatic rings. The molecule has 0 atom stereocenters. The Morgan fingerprint density at radius 2 is 2.33 bits per heavy atom. The number of halogens is 1. The lowest BCUT2D eigenvalue weighted by Gasteiger charge is -2.03. The van der Waals surface area contributed by atoms with Crippen LogP contribution >= 0.6 is 15.9 Å². The van der Waals surface area contributed by atoms with Gasteiger partial charge in [0.15, 0.2) is 4.73 Å². The fourth-order valence-electron chi connectivity index (χ4n) is 0.825. The summed E-state index contributed by atoms with van der Waals surface area (Å²) in [6, 6.07) is 0. The van der Waals surface area contributed by atoms with Crippen LogP contribution in [0.15, 0.2) is 10.9 Å². The number of aryl methyl sites for hydroxylation is 1. The fourth-order valence-corrected chi connectivity index (χ4v) is 1.15. The van der Waals surface area contributed by atoms with Gasteiger partial charge in [-0.3, -0.25) is 0 Å². The molecule has 1 rings (SSSR count). The van der Waals surface area contributed by atoms with Gasteiger partial charge in [0.25, 0.3) is 0 Å². The Kier molecular flexibility index (Phi) is 3.29. The molecule has 0 bridgehead atoms. The average Bonchev–Trinajstić information content (AvgIpc) is 2.28. The van der Waals surface area contributed by atoms with Crippen LogP contribution in [0.2, 0.25) is 0 Å². The molecule has 1 aromatic heterocycles. The summed E-state index contributed by atoms with van der Waals surface area (Å²) in [4.78, 5) is 4.24. The lowest BCUT2D eigenvalue weighted by Crippen LogP contribution is -2.02. The van der Waals surface area contributed by atoms with Crippen molar-refractivity contribution in [2.24, 2.45) is 7.05 Å². The van der Waals surface area contributed by atoms with E-state index in [1.807, 2.05) is 31.7 Å². The van der Waals surface area contributed by atoms with Crippen molar-refractivity contribution in [3.8, 4) is 0 Å². The molecule has 0 fully saturated rings. The van der Waals surface area contributed by atoms with E-state index >= 15 is 0 Å². The lowest BCUT2D eigenvalue weighted by molar-refractivity contribution is 0.0637. The van der Waals surface area contributed by atoms with Crippen LogP contribution in [0.25, 0.3) is 0 Å².